The number of rotatable bonds is 7. The number of carboxylic acids is 1. The average molecular weight is 289 g/mol. The summed E-state index contributed by atoms with van der Waals surface area (Å²) >= 11 is 0. The van der Waals surface area contributed by atoms with E-state index in [0.717, 1.165) is 12.4 Å². The molecule has 0 aromatic heterocycles. The summed E-state index contributed by atoms with van der Waals surface area (Å²) in [4.78, 5) is 23.0. The molecule has 0 atom stereocenters. The van der Waals surface area contributed by atoms with Crippen molar-refractivity contribution < 1.29 is 19.4 Å². The van der Waals surface area contributed by atoms with E-state index in [4.69, 9.17) is 9.84 Å². The highest BCUT2D eigenvalue weighted by molar-refractivity contribution is 5.94. The number of carboxylic acid groups (broad SMARTS) is 1. The second kappa shape index (κ2) is 5.39. The van der Waals surface area contributed by atoms with Crippen LogP contribution in [-0.2, 0) is 4.79 Å². The van der Waals surface area contributed by atoms with Crippen LogP contribution in [-0.4, -0.2) is 30.1 Å². The molecule has 2 N–H and O–H groups in total. The molecule has 2 fully saturated rings. The summed E-state index contributed by atoms with van der Waals surface area (Å²) in [6.07, 6.45) is 3.75. The molecule has 0 unspecified atom stereocenters. The molecule has 0 radical (unpaired) electrons. The third-order valence-electron chi connectivity index (χ3n) is 4.19. The lowest BCUT2D eigenvalue weighted by Gasteiger charge is -2.11. The van der Waals surface area contributed by atoms with Crippen LogP contribution in [0.3, 0.4) is 0 Å². The lowest BCUT2D eigenvalue weighted by Crippen LogP contribution is -2.34. The topological polar surface area (TPSA) is 75.6 Å². The molecule has 2 saturated carbocycles. The summed E-state index contributed by atoms with van der Waals surface area (Å²) in [5.41, 5.74) is -0.210. The van der Waals surface area contributed by atoms with Gasteiger partial charge in [-0.1, -0.05) is 0 Å². The molecule has 0 aliphatic heterocycles. The molecule has 1 amide bonds. The summed E-state index contributed by atoms with van der Waals surface area (Å²) in [7, 11) is 0. The maximum absolute atomic E-state index is 12.0. The van der Waals surface area contributed by atoms with E-state index in [1.54, 1.807) is 24.3 Å². The van der Waals surface area contributed by atoms with Gasteiger partial charge in [0.05, 0.1) is 12.0 Å². The van der Waals surface area contributed by atoms with E-state index in [1.165, 1.54) is 12.8 Å². The molecule has 3 rings (SSSR count). The van der Waals surface area contributed by atoms with Crippen molar-refractivity contribution in [1.82, 2.24) is 5.32 Å². The fraction of sp³-hybridized carbons (Fsp3) is 0.500. The summed E-state index contributed by atoms with van der Waals surface area (Å²) in [6, 6.07) is 6.97. The van der Waals surface area contributed by atoms with Crippen LogP contribution < -0.4 is 10.1 Å². The van der Waals surface area contributed by atoms with E-state index in [-0.39, 0.29) is 12.5 Å². The van der Waals surface area contributed by atoms with Crippen LogP contribution in [0.4, 0.5) is 0 Å². The molecule has 5 heteroatoms. The van der Waals surface area contributed by atoms with E-state index >= 15 is 0 Å². The lowest BCUT2D eigenvalue weighted by molar-refractivity contribution is -0.143. The SMILES string of the molecule is O=C(NCC1(C(=O)O)CC1)c1ccc(OCC2CC2)cc1. The molecular weight excluding hydrogens is 270 g/mol. The Morgan fingerprint density at radius 3 is 2.43 bits per heavy atom. The highest BCUT2D eigenvalue weighted by Crippen LogP contribution is 2.45. The van der Waals surface area contributed by atoms with Crippen molar-refractivity contribution in [2.45, 2.75) is 25.7 Å². The summed E-state index contributed by atoms with van der Waals surface area (Å²) < 4.78 is 5.61. The zero-order valence-electron chi connectivity index (χ0n) is 11.8. The number of nitrogens with one attached hydrogen (secondary N) is 1. The van der Waals surface area contributed by atoms with Crippen LogP contribution >= 0.6 is 0 Å². The standard InChI is InChI=1S/C16H19NO4/c18-14(17-10-16(7-8-16)15(19)20)12-3-5-13(6-4-12)21-9-11-1-2-11/h3-6,11H,1-2,7-10H2,(H,17,18)(H,19,20). The number of amides is 1. The van der Waals surface area contributed by atoms with Gasteiger partial charge in [0, 0.05) is 12.1 Å². The Bertz CT molecular complexity index is 544. The molecular formula is C16H19NO4. The van der Waals surface area contributed by atoms with Crippen LogP contribution in [0.5, 0.6) is 5.75 Å². The van der Waals surface area contributed by atoms with Gasteiger partial charge in [-0.15, -0.1) is 0 Å². The first-order valence-electron chi connectivity index (χ1n) is 7.33. The second-order valence-electron chi connectivity index (χ2n) is 6.05. The Morgan fingerprint density at radius 1 is 1.24 bits per heavy atom. The zero-order chi connectivity index (χ0) is 14.9. The Hall–Kier alpha value is -2.04. The minimum absolute atomic E-state index is 0.196. The average Bonchev–Trinajstić information content (AvgIpc) is 3.38. The predicted octanol–water partition coefficient (Wildman–Crippen LogP) is 2.07. The molecule has 1 aromatic rings. The van der Waals surface area contributed by atoms with Crippen molar-refractivity contribution in [3.05, 3.63) is 29.8 Å². The summed E-state index contributed by atoms with van der Waals surface area (Å²) in [6.45, 7) is 0.938. The van der Waals surface area contributed by atoms with Crippen molar-refractivity contribution in [2.75, 3.05) is 13.2 Å². The lowest BCUT2D eigenvalue weighted by atomic mass is 10.1. The second-order valence-corrected chi connectivity index (χ2v) is 6.05. The van der Waals surface area contributed by atoms with E-state index in [9.17, 15) is 9.59 Å². The Morgan fingerprint density at radius 2 is 1.90 bits per heavy atom. The molecule has 112 valence electrons. The van der Waals surface area contributed by atoms with Crippen molar-refractivity contribution in [3.63, 3.8) is 0 Å². The molecule has 1 aromatic carbocycles. The molecule has 0 spiro atoms. The number of carbonyl (C=O) groups is 2. The van der Waals surface area contributed by atoms with Crippen LogP contribution in [0.2, 0.25) is 0 Å². The molecule has 2 aliphatic carbocycles. The van der Waals surface area contributed by atoms with Gasteiger partial charge < -0.3 is 15.2 Å². The first-order chi connectivity index (χ1) is 10.1. The number of carbonyl (C=O) groups excluding carboxylic acids is 1. The van der Waals surface area contributed by atoms with Crippen LogP contribution in [0, 0.1) is 11.3 Å². The predicted molar refractivity (Wildman–Crippen MR) is 76.3 cm³/mol. The van der Waals surface area contributed by atoms with Crippen molar-refractivity contribution in [2.24, 2.45) is 11.3 Å². The highest BCUT2D eigenvalue weighted by Gasteiger charge is 2.50. The van der Waals surface area contributed by atoms with Gasteiger partial charge in [0.1, 0.15) is 5.75 Å². The Kier molecular flexibility index (Phi) is 3.57. The van der Waals surface area contributed by atoms with Gasteiger partial charge in [-0.2, -0.15) is 0 Å². The maximum atomic E-state index is 12.0. The van der Waals surface area contributed by atoms with Gasteiger partial charge in [0.25, 0.3) is 5.91 Å². The molecule has 0 heterocycles. The fourth-order valence-electron chi connectivity index (χ4n) is 2.17. The number of hydrogen-bond acceptors (Lipinski definition) is 3. The van der Waals surface area contributed by atoms with Crippen molar-refractivity contribution >= 4 is 11.9 Å². The largest absolute Gasteiger partial charge is 0.493 e. The minimum atomic E-state index is -0.827. The van der Waals surface area contributed by atoms with E-state index in [1.807, 2.05) is 0 Å². The van der Waals surface area contributed by atoms with Gasteiger partial charge in [-0.05, 0) is 55.9 Å². The minimum Gasteiger partial charge on any atom is -0.493 e. The molecule has 2 aliphatic rings. The van der Waals surface area contributed by atoms with Crippen molar-refractivity contribution in [3.8, 4) is 5.75 Å². The van der Waals surface area contributed by atoms with Crippen LogP contribution in [0.15, 0.2) is 24.3 Å². The van der Waals surface area contributed by atoms with Gasteiger partial charge in [0.15, 0.2) is 0 Å². The van der Waals surface area contributed by atoms with E-state index in [0.29, 0.717) is 24.3 Å². The molecule has 0 saturated heterocycles. The number of ether oxygens (including phenoxy) is 1. The Labute approximate surface area is 123 Å². The van der Waals surface area contributed by atoms with Crippen LogP contribution in [0.1, 0.15) is 36.0 Å². The molecule has 21 heavy (non-hydrogen) atoms. The van der Waals surface area contributed by atoms with Gasteiger partial charge in [-0.25, -0.2) is 0 Å². The van der Waals surface area contributed by atoms with E-state index < -0.39 is 11.4 Å². The van der Waals surface area contributed by atoms with E-state index in [2.05, 4.69) is 5.32 Å². The third kappa shape index (κ3) is 3.35. The van der Waals surface area contributed by atoms with Gasteiger partial charge in [-0.3, -0.25) is 9.59 Å². The molecule has 5 nitrogen and oxygen atoms in total. The monoisotopic (exact) mass is 289 g/mol. The van der Waals surface area contributed by atoms with Crippen molar-refractivity contribution in [1.29, 1.82) is 0 Å². The summed E-state index contributed by atoms with van der Waals surface area (Å²) in [5.74, 6) is 0.393. The van der Waals surface area contributed by atoms with Gasteiger partial charge >= 0.3 is 5.97 Å². The zero-order valence-corrected chi connectivity index (χ0v) is 11.8. The fourth-order valence-corrected chi connectivity index (χ4v) is 2.17. The molecule has 0 bridgehead atoms. The number of benzene rings is 1. The highest BCUT2D eigenvalue weighted by atomic mass is 16.5. The quantitative estimate of drug-likeness (QED) is 0.805. The van der Waals surface area contributed by atoms with Gasteiger partial charge in [0.2, 0.25) is 0 Å². The first kappa shape index (κ1) is 13.9. The summed E-state index contributed by atoms with van der Waals surface area (Å²) in [5, 5.41) is 11.8. The number of hydrogen-bond donors (Lipinski definition) is 2. The first-order valence-corrected chi connectivity index (χ1v) is 7.33. The smallest absolute Gasteiger partial charge is 0.311 e. The third-order valence-corrected chi connectivity index (χ3v) is 4.19. The Balaban J connectivity index is 1.51. The maximum Gasteiger partial charge on any atom is 0.311 e. The normalized spacial score (nSPS) is 18.9. The van der Waals surface area contributed by atoms with Crippen LogP contribution in [0.25, 0.3) is 0 Å². The number of aliphatic carboxylic acids is 1.